The van der Waals surface area contributed by atoms with Crippen molar-refractivity contribution in [2.24, 2.45) is 5.92 Å². The number of carbonyl (C=O) groups is 2. The summed E-state index contributed by atoms with van der Waals surface area (Å²) in [4.78, 5) is 23.6. The zero-order chi connectivity index (χ0) is 17.2. The van der Waals surface area contributed by atoms with Gasteiger partial charge in [-0.25, -0.2) is 0 Å². The molecular weight excluding hydrogens is 314 g/mol. The minimum atomic E-state index is -0.165. The minimum Gasteiger partial charge on any atom is -0.385 e. The normalized spacial score (nSPS) is 10.3. The molecule has 6 nitrogen and oxygen atoms in total. The fourth-order valence-electron chi connectivity index (χ4n) is 1.68. The number of carbonyl (C=O) groups excluding carboxylic acids is 2. The maximum atomic E-state index is 12.0. The molecular formula is C16H23N3O3S. The number of hydrogen-bond donors (Lipinski definition) is 3. The summed E-state index contributed by atoms with van der Waals surface area (Å²) in [5, 5.41) is 8.51. The van der Waals surface area contributed by atoms with Crippen LogP contribution >= 0.6 is 12.2 Å². The Morgan fingerprint density at radius 3 is 2.70 bits per heavy atom. The van der Waals surface area contributed by atoms with Gasteiger partial charge in [0.25, 0.3) is 5.91 Å². The average Bonchev–Trinajstić information content (AvgIpc) is 2.51. The van der Waals surface area contributed by atoms with Crippen molar-refractivity contribution in [1.29, 1.82) is 0 Å². The third kappa shape index (κ3) is 7.21. The molecule has 0 bridgehead atoms. The molecule has 0 fully saturated rings. The number of anilines is 1. The number of hydrogen-bond acceptors (Lipinski definition) is 4. The lowest BCUT2D eigenvalue weighted by atomic mass is 10.2. The summed E-state index contributed by atoms with van der Waals surface area (Å²) in [6.07, 6.45) is 0.755. The molecule has 0 spiro atoms. The molecule has 0 aliphatic heterocycles. The standard InChI is InChI=1S/C16H23N3O3S/c1-11(2)14(20)19-16(23)18-13-7-4-6-12(10-13)15(21)17-8-5-9-22-3/h4,6-7,10-11H,5,8-9H2,1-3H3,(H,17,21)(H2,18,19,20,23). The lowest BCUT2D eigenvalue weighted by Crippen LogP contribution is -2.36. The lowest BCUT2D eigenvalue weighted by Gasteiger charge is -2.12. The van der Waals surface area contributed by atoms with E-state index in [4.69, 9.17) is 17.0 Å². The van der Waals surface area contributed by atoms with Crippen molar-refractivity contribution in [3.63, 3.8) is 0 Å². The van der Waals surface area contributed by atoms with E-state index >= 15 is 0 Å². The second kappa shape index (κ2) is 9.91. The number of amides is 2. The van der Waals surface area contributed by atoms with Gasteiger partial charge >= 0.3 is 0 Å². The van der Waals surface area contributed by atoms with Crippen molar-refractivity contribution in [2.75, 3.05) is 25.6 Å². The maximum absolute atomic E-state index is 12.0. The van der Waals surface area contributed by atoms with Crippen LogP contribution in [-0.4, -0.2) is 37.2 Å². The first-order valence-corrected chi connectivity index (χ1v) is 7.84. The second-order valence-electron chi connectivity index (χ2n) is 5.28. The van der Waals surface area contributed by atoms with Crippen LogP contribution in [0.1, 0.15) is 30.6 Å². The largest absolute Gasteiger partial charge is 0.385 e. The smallest absolute Gasteiger partial charge is 0.251 e. The molecule has 1 rings (SSSR count). The molecule has 1 aromatic carbocycles. The lowest BCUT2D eigenvalue weighted by molar-refractivity contribution is -0.122. The molecule has 0 aliphatic rings. The Labute approximate surface area is 142 Å². The Morgan fingerprint density at radius 1 is 1.30 bits per heavy atom. The van der Waals surface area contributed by atoms with Crippen LogP contribution in [0.3, 0.4) is 0 Å². The van der Waals surface area contributed by atoms with E-state index in [1.165, 1.54) is 0 Å². The highest BCUT2D eigenvalue weighted by Gasteiger charge is 2.10. The Bertz CT molecular complexity index is 561. The summed E-state index contributed by atoms with van der Waals surface area (Å²) >= 11 is 5.08. The third-order valence-corrected chi connectivity index (χ3v) is 3.16. The van der Waals surface area contributed by atoms with Gasteiger partial charge in [0.15, 0.2) is 5.11 Å². The topological polar surface area (TPSA) is 79.5 Å². The quantitative estimate of drug-likeness (QED) is 0.523. The molecule has 0 saturated heterocycles. The first-order valence-electron chi connectivity index (χ1n) is 7.43. The number of ether oxygens (including phenoxy) is 1. The van der Waals surface area contributed by atoms with Gasteiger partial charge in [-0.1, -0.05) is 19.9 Å². The highest BCUT2D eigenvalue weighted by atomic mass is 32.1. The van der Waals surface area contributed by atoms with Crippen LogP contribution in [0.4, 0.5) is 5.69 Å². The SMILES string of the molecule is COCCCNC(=O)c1cccc(NC(=S)NC(=O)C(C)C)c1. The fourth-order valence-corrected chi connectivity index (χ4v) is 1.90. The molecule has 0 aromatic heterocycles. The summed E-state index contributed by atoms with van der Waals surface area (Å²) in [5.74, 6) is -0.476. The van der Waals surface area contributed by atoms with Crippen molar-refractivity contribution in [1.82, 2.24) is 10.6 Å². The van der Waals surface area contributed by atoms with Crippen LogP contribution in [0.5, 0.6) is 0 Å². The van der Waals surface area contributed by atoms with Gasteiger partial charge < -0.3 is 20.7 Å². The fraction of sp³-hybridized carbons (Fsp3) is 0.438. The van der Waals surface area contributed by atoms with Gasteiger partial charge in [-0.15, -0.1) is 0 Å². The van der Waals surface area contributed by atoms with Gasteiger partial charge in [-0.3, -0.25) is 9.59 Å². The molecule has 2 amide bonds. The first kappa shape index (κ1) is 19.1. The summed E-state index contributed by atoms with van der Waals surface area (Å²) in [5.41, 5.74) is 1.16. The van der Waals surface area contributed by atoms with Crippen LogP contribution < -0.4 is 16.0 Å². The van der Waals surface area contributed by atoms with Crippen LogP contribution in [0.25, 0.3) is 0 Å². The number of nitrogens with one attached hydrogen (secondary N) is 3. The zero-order valence-corrected chi connectivity index (χ0v) is 14.5. The van der Waals surface area contributed by atoms with E-state index in [0.29, 0.717) is 24.4 Å². The molecule has 1 aromatic rings. The summed E-state index contributed by atoms with van der Waals surface area (Å²) in [7, 11) is 1.62. The van der Waals surface area contributed by atoms with Gasteiger partial charge in [0, 0.05) is 37.4 Å². The maximum Gasteiger partial charge on any atom is 0.251 e. The molecule has 126 valence electrons. The van der Waals surface area contributed by atoms with E-state index in [-0.39, 0.29) is 22.8 Å². The Morgan fingerprint density at radius 2 is 2.04 bits per heavy atom. The monoisotopic (exact) mass is 337 g/mol. The third-order valence-electron chi connectivity index (χ3n) is 2.95. The van der Waals surface area contributed by atoms with Gasteiger partial charge in [-0.05, 0) is 36.8 Å². The average molecular weight is 337 g/mol. The van der Waals surface area contributed by atoms with Crippen LogP contribution in [0.15, 0.2) is 24.3 Å². The van der Waals surface area contributed by atoms with Gasteiger partial charge in [-0.2, -0.15) is 0 Å². The van der Waals surface area contributed by atoms with E-state index in [2.05, 4.69) is 16.0 Å². The van der Waals surface area contributed by atoms with Crippen molar-refractivity contribution in [3.8, 4) is 0 Å². The van der Waals surface area contributed by atoms with Crippen molar-refractivity contribution >= 4 is 34.8 Å². The highest BCUT2D eigenvalue weighted by molar-refractivity contribution is 7.80. The number of methoxy groups -OCH3 is 1. The van der Waals surface area contributed by atoms with Crippen molar-refractivity contribution in [3.05, 3.63) is 29.8 Å². The molecule has 3 N–H and O–H groups in total. The molecule has 0 atom stereocenters. The minimum absolute atomic E-state index is 0.154. The first-order chi connectivity index (χ1) is 10.9. The predicted octanol–water partition coefficient (Wildman–Crippen LogP) is 1.92. The van der Waals surface area contributed by atoms with Crippen molar-refractivity contribution in [2.45, 2.75) is 20.3 Å². The van der Waals surface area contributed by atoms with E-state index in [1.54, 1.807) is 45.2 Å². The number of rotatable bonds is 7. The van der Waals surface area contributed by atoms with Crippen molar-refractivity contribution < 1.29 is 14.3 Å². The van der Waals surface area contributed by atoms with Gasteiger partial charge in [0.1, 0.15) is 0 Å². The highest BCUT2D eigenvalue weighted by Crippen LogP contribution is 2.10. The van der Waals surface area contributed by atoms with E-state index < -0.39 is 0 Å². The molecule has 0 radical (unpaired) electrons. The van der Waals surface area contributed by atoms with Crippen LogP contribution in [-0.2, 0) is 9.53 Å². The summed E-state index contributed by atoms with van der Waals surface area (Å²) < 4.78 is 4.93. The Kier molecular flexibility index (Phi) is 8.21. The molecule has 23 heavy (non-hydrogen) atoms. The van der Waals surface area contributed by atoms with E-state index in [1.807, 2.05) is 0 Å². The summed E-state index contributed by atoms with van der Waals surface area (Å²) in [6, 6.07) is 6.92. The van der Waals surface area contributed by atoms with Crippen LogP contribution in [0, 0.1) is 5.92 Å². The number of thiocarbonyl (C=S) groups is 1. The summed E-state index contributed by atoms with van der Waals surface area (Å²) in [6.45, 7) is 4.72. The molecule has 0 heterocycles. The van der Waals surface area contributed by atoms with Gasteiger partial charge in [0.2, 0.25) is 5.91 Å². The van der Waals surface area contributed by atoms with Crippen LogP contribution in [0.2, 0.25) is 0 Å². The predicted molar refractivity (Wildman–Crippen MR) is 94.5 cm³/mol. The van der Waals surface area contributed by atoms with Gasteiger partial charge in [0.05, 0.1) is 0 Å². The Hall–Kier alpha value is -1.99. The number of benzene rings is 1. The molecule has 7 heteroatoms. The second-order valence-corrected chi connectivity index (χ2v) is 5.69. The molecule has 0 aliphatic carbocycles. The zero-order valence-electron chi connectivity index (χ0n) is 13.6. The molecule has 0 unspecified atom stereocenters. The van der Waals surface area contributed by atoms with E-state index in [9.17, 15) is 9.59 Å². The Balaban J connectivity index is 2.57. The van der Waals surface area contributed by atoms with E-state index in [0.717, 1.165) is 6.42 Å². The molecule has 0 saturated carbocycles.